The molecule has 1 heterocycles. The maximum Gasteiger partial charge on any atom is 0.284 e. The summed E-state index contributed by atoms with van der Waals surface area (Å²) in [4.78, 5) is 22.5. The van der Waals surface area contributed by atoms with Crippen molar-refractivity contribution in [3.05, 3.63) is 94.0 Å². The Morgan fingerprint density at radius 1 is 1.09 bits per heavy atom. The summed E-state index contributed by atoms with van der Waals surface area (Å²) >= 11 is 0. The molecule has 1 atom stereocenters. The van der Waals surface area contributed by atoms with Crippen molar-refractivity contribution >= 4 is 17.8 Å². The van der Waals surface area contributed by atoms with Gasteiger partial charge in [-0.1, -0.05) is 12.1 Å². The zero-order valence-corrected chi connectivity index (χ0v) is 16.8. The lowest BCUT2D eigenvalue weighted by Gasteiger charge is -2.24. The van der Waals surface area contributed by atoms with Crippen molar-refractivity contribution in [2.75, 3.05) is 6.61 Å². The molecule has 4 rings (SSSR count). The summed E-state index contributed by atoms with van der Waals surface area (Å²) in [6, 6.07) is 20.5. The van der Waals surface area contributed by atoms with Crippen molar-refractivity contribution in [2.24, 2.45) is 5.10 Å². The van der Waals surface area contributed by atoms with Crippen LogP contribution in [0.3, 0.4) is 0 Å². The van der Waals surface area contributed by atoms with Crippen molar-refractivity contribution in [2.45, 2.75) is 12.7 Å². The number of fused-ring (bicyclic) bond motifs is 1. The first-order valence-corrected chi connectivity index (χ1v) is 9.76. The number of hydrogen-bond donors (Lipinski definition) is 1. The maximum atomic E-state index is 12.2. The van der Waals surface area contributed by atoms with Gasteiger partial charge in [0, 0.05) is 12.1 Å². The molecule has 162 valence electrons. The second-order valence-corrected chi connectivity index (χ2v) is 6.88. The van der Waals surface area contributed by atoms with Crippen LogP contribution in [0.5, 0.6) is 17.2 Å². The van der Waals surface area contributed by atoms with Crippen LogP contribution >= 0.6 is 0 Å². The number of carbonyl (C=O) groups excluding carboxylic acids is 1. The quantitative estimate of drug-likeness (QED) is 0.347. The molecule has 1 amide bonds. The smallest absolute Gasteiger partial charge is 0.284 e. The Hall–Kier alpha value is -4.40. The van der Waals surface area contributed by atoms with Gasteiger partial charge in [0.25, 0.3) is 11.6 Å². The Bertz CT molecular complexity index is 1130. The molecule has 0 aliphatic carbocycles. The van der Waals surface area contributed by atoms with Gasteiger partial charge in [-0.2, -0.15) is 5.10 Å². The van der Waals surface area contributed by atoms with Gasteiger partial charge in [-0.15, -0.1) is 0 Å². The van der Waals surface area contributed by atoms with Crippen LogP contribution in [0.1, 0.15) is 11.1 Å². The first-order chi connectivity index (χ1) is 15.6. The number of nitrogens with one attached hydrogen (secondary N) is 1. The number of nitro groups is 1. The zero-order valence-electron chi connectivity index (χ0n) is 16.8. The topological polar surface area (TPSA) is 112 Å². The second kappa shape index (κ2) is 9.61. The van der Waals surface area contributed by atoms with Crippen molar-refractivity contribution in [1.29, 1.82) is 0 Å². The Morgan fingerprint density at radius 3 is 2.53 bits per heavy atom. The molecular formula is C23H19N3O6. The molecule has 1 N–H and O–H groups in total. The summed E-state index contributed by atoms with van der Waals surface area (Å²) < 4.78 is 16.8. The SMILES string of the molecule is O=C(N/N=C\c1ccc(OCc2ccc([N+](=O)[O-])cc2)cc1)[C@H]1COc2ccccc2O1. The number of carbonyl (C=O) groups is 1. The van der Waals surface area contributed by atoms with Crippen molar-refractivity contribution in [3.63, 3.8) is 0 Å². The fourth-order valence-electron chi connectivity index (χ4n) is 2.92. The third-order valence-electron chi connectivity index (χ3n) is 4.62. The number of non-ortho nitro benzene ring substituents is 1. The Labute approximate surface area is 183 Å². The fourth-order valence-corrected chi connectivity index (χ4v) is 2.92. The number of para-hydroxylation sites is 2. The Balaban J connectivity index is 1.25. The van der Waals surface area contributed by atoms with Crippen LogP contribution in [0, 0.1) is 10.1 Å². The molecule has 0 bridgehead atoms. The summed E-state index contributed by atoms with van der Waals surface area (Å²) in [7, 11) is 0. The van der Waals surface area contributed by atoms with Gasteiger partial charge in [0.2, 0.25) is 6.10 Å². The summed E-state index contributed by atoms with van der Waals surface area (Å²) in [5.41, 5.74) is 4.07. The lowest BCUT2D eigenvalue weighted by Crippen LogP contribution is -2.42. The van der Waals surface area contributed by atoms with Crippen LogP contribution in [0.4, 0.5) is 5.69 Å². The second-order valence-electron chi connectivity index (χ2n) is 6.88. The van der Waals surface area contributed by atoms with Crippen molar-refractivity contribution < 1.29 is 23.9 Å². The minimum Gasteiger partial charge on any atom is -0.489 e. The van der Waals surface area contributed by atoms with Gasteiger partial charge in [0.15, 0.2) is 11.5 Å². The van der Waals surface area contributed by atoms with Crippen LogP contribution in [0.25, 0.3) is 0 Å². The maximum absolute atomic E-state index is 12.2. The highest BCUT2D eigenvalue weighted by molar-refractivity contribution is 5.85. The number of benzene rings is 3. The van der Waals surface area contributed by atoms with Crippen molar-refractivity contribution in [1.82, 2.24) is 5.43 Å². The van der Waals surface area contributed by atoms with E-state index in [0.717, 1.165) is 11.1 Å². The Kier molecular flexibility index (Phi) is 6.26. The van der Waals surface area contributed by atoms with E-state index in [9.17, 15) is 14.9 Å². The third-order valence-corrected chi connectivity index (χ3v) is 4.62. The average molecular weight is 433 g/mol. The van der Waals surface area contributed by atoms with E-state index >= 15 is 0 Å². The molecule has 9 heteroatoms. The standard InChI is InChI=1S/C23H19N3O6/c27-23(22-15-31-20-3-1-2-4-21(20)32-22)25-24-13-16-7-11-19(12-8-16)30-14-17-5-9-18(10-6-17)26(28)29/h1-13,22H,14-15H2,(H,25,27)/b24-13-/t22-/m1/s1. The molecular weight excluding hydrogens is 414 g/mol. The lowest BCUT2D eigenvalue weighted by molar-refractivity contribution is -0.384. The third kappa shape index (κ3) is 5.20. The molecule has 0 radical (unpaired) electrons. The van der Waals surface area contributed by atoms with Gasteiger partial charge in [-0.25, -0.2) is 5.43 Å². The summed E-state index contributed by atoms with van der Waals surface area (Å²) in [5, 5.41) is 14.7. The summed E-state index contributed by atoms with van der Waals surface area (Å²) in [6.07, 6.45) is 0.729. The molecule has 0 spiro atoms. The first kappa shape index (κ1) is 20.9. The van der Waals surface area contributed by atoms with Crippen LogP contribution in [-0.4, -0.2) is 29.8 Å². The van der Waals surface area contributed by atoms with E-state index in [4.69, 9.17) is 14.2 Å². The predicted octanol–water partition coefficient (Wildman–Crippen LogP) is 3.46. The zero-order chi connectivity index (χ0) is 22.3. The van der Waals surface area contributed by atoms with E-state index in [2.05, 4.69) is 10.5 Å². The summed E-state index contributed by atoms with van der Waals surface area (Å²) in [6.45, 7) is 0.396. The van der Waals surface area contributed by atoms with Crippen molar-refractivity contribution in [3.8, 4) is 17.2 Å². The average Bonchev–Trinajstić information content (AvgIpc) is 2.83. The molecule has 1 aliphatic heterocycles. The van der Waals surface area contributed by atoms with E-state index < -0.39 is 16.9 Å². The van der Waals surface area contributed by atoms with E-state index in [0.29, 0.717) is 17.2 Å². The number of rotatable bonds is 7. The molecule has 32 heavy (non-hydrogen) atoms. The van der Waals surface area contributed by atoms with Crippen LogP contribution in [0.2, 0.25) is 0 Å². The van der Waals surface area contributed by atoms with Gasteiger partial charge in [0.05, 0.1) is 11.1 Å². The lowest BCUT2D eigenvalue weighted by atomic mass is 10.2. The molecule has 0 unspecified atom stereocenters. The van der Waals surface area contributed by atoms with E-state index in [-0.39, 0.29) is 18.9 Å². The van der Waals surface area contributed by atoms with Gasteiger partial charge >= 0.3 is 0 Å². The minimum atomic E-state index is -0.780. The Morgan fingerprint density at radius 2 is 1.81 bits per heavy atom. The van der Waals surface area contributed by atoms with E-state index in [1.165, 1.54) is 18.3 Å². The largest absolute Gasteiger partial charge is 0.489 e. The molecule has 3 aromatic carbocycles. The van der Waals surface area contributed by atoms with Crippen LogP contribution in [-0.2, 0) is 11.4 Å². The normalized spacial score (nSPS) is 14.7. The molecule has 0 aromatic heterocycles. The van der Waals surface area contributed by atoms with E-state index in [1.54, 1.807) is 54.6 Å². The van der Waals surface area contributed by atoms with Gasteiger partial charge in [0.1, 0.15) is 19.0 Å². The van der Waals surface area contributed by atoms with Gasteiger partial charge < -0.3 is 14.2 Å². The summed E-state index contributed by atoms with van der Waals surface area (Å²) in [5.74, 6) is 1.36. The van der Waals surface area contributed by atoms with Gasteiger partial charge in [-0.05, 0) is 59.7 Å². The highest BCUT2D eigenvalue weighted by Gasteiger charge is 2.26. The van der Waals surface area contributed by atoms with Crippen LogP contribution in [0.15, 0.2) is 77.9 Å². The number of hydrogen-bond acceptors (Lipinski definition) is 7. The predicted molar refractivity (Wildman–Crippen MR) is 116 cm³/mol. The molecule has 1 aliphatic rings. The highest BCUT2D eigenvalue weighted by Crippen LogP contribution is 2.30. The van der Waals surface area contributed by atoms with Crippen LogP contribution < -0.4 is 19.6 Å². The number of nitrogens with zero attached hydrogens (tertiary/aromatic N) is 2. The molecule has 0 fully saturated rings. The monoisotopic (exact) mass is 433 g/mol. The highest BCUT2D eigenvalue weighted by atomic mass is 16.6. The van der Waals surface area contributed by atoms with E-state index in [1.807, 2.05) is 6.07 Å². The molecule has 0 saturated carbocycles. The number of amides is 1. The number of hydrazone groups is 1. The number of ether oxygens (including phenoxy) is 3. The molecule has 9 nitrogen and oxygen atoms in total. The molecule has 3 aromatic rings. The first-order valence-electron chi connectivity index (χ1n) is 9.76. The minimum absolute atomic E-state index is 0.0388. The fraction of sp³-hybridized carbons (Fsp3) is 0.130. The molecule has 0 saturated heterocycles. The van der Waals surface area contributed by atoms with Gasteiger partial charge in [-0.3, -0.25) is 14.9 Å². The number of nitro benzene ring substituents is 1.